The van der Waals surface area contributed by atoms with Crippen LogP contribution in [-0.4, -0.2) is 70.5 Å². The van der Waals surface area contributed by atoms with Crippen LogP contribution in [-0.2, 0) is 35.2 Å². The predicted octanol–water partition coefficient (Wildman–Crippen LogP) is -3.22. The minimum atomic E-state index is -1.53. The fourth-order valence-electron chi connectivity index (χ4n) is 2.79. The number of rotatable bonds is 14. The molecule has 1 rings (SSSR count). The van der Waals surface area contributed by atoms with Gasteiger partial charge in [-0.2, -0.15) is 12.6 Å². The van der Waals surface area contributed by atoms with Gasteiger partial charge in [0.15, 0.2) is 0 Å². The van der Waals surface area contributed by atoms with Gasteiger partial charge >= 0.3 is 5.97 Å². The largest absolute Gasteiger partial charge is 0.480 e. The number of nitrogens with one attached hydrogen (secondary N) is 3. The van der Waals surface area contributed by atoms with Crippen LogP contribution < -0.4 is 33.2 Å². The first-order valence-corrected chi connectivity index (χ1v) is 10.7. The minimum absolute atomic E-state index is 0.0268. The van der Waals surface area contributed by atoms with Crippen LogP contribution in [0.2, 0.25) is 0 Å². The van der Waals surface area contributed by atoms with Crippen LogP contribution in [0.25, 0.3) is 0 Å². The van der Waals surface area contributed by atoms with E-state index >= 15 is 0 Å². The van der Waals surface area contributed by atoms with Crippen LogP contribution in [0.4, 0.5) is 0 Å². The summed E-state index contributed by atoms with van der Waals surface area (Å²) >= 11 is 3.84. The standard InChI is InChI=1S/C20H28N6O7S/c21-11(7-15(22)27)17(29)24-12(6-10-4-2-1-3-5-10)18(30)25-13(8-16(23)28)19(31)26-14(9-34)20(32)33/h1-5,11-14,34H,6-9,21H2,(H2,22,27)(H2,23,28)(H,24,29)(H,25,30)(H,26,31)(H,32,33). The van der Waals surface area contributed by atoms with E-state index in [2.05, 4.69) is 28.6 Å². The summed E-state index contributed by atoms with van der Waals surface area (Å²) in [6, 6.07) is 3.04. The molecule has 0 heterocycles. The van der Waals surface area contributed by atoms with E-state index < -0.39 is 72.5 Å². The third-order valence-corrected chi connectivity index (χ3v) is 4.87. The van der Waals surface area contributed by atoms with Crippen molar-refractivity contribution < 1.29 is 33.9 Å². The van der Waals surface area contributed by atoms with E-state index in [-0.39, 0.29) is 12.2 Å². The molecule has 0 saturated carbocycles. The maximum Gasteiger partial charge on any atom is 0.327 e. The molecule has 34 heavy (non-hydrogen) atoms. The first-order chi connectivity index (χ1) is 15.9. The van der Waals surface area contributed by atoms with Gasteiger partial charge in [0.1, 0.15) is 18.1 Å². The number of thiol groups is 1. The first kappa shape index (κ1) is 28.4. The van der Waals surface area contributed by atoms with Gasteiger partial charge in [-0.1, -0.05) is 30.3 Å². The normalized spacial score (nSPS) is 14.1. The van der Waals surface area contributed by atoms with Crippen molar-refractivity contribution in [3.8, 4) is 0 Å². The van der Waals surface area contributed by atoms with Crippen LogP contribution in [0.5, 0.6) is 0 Å². The molecule has 0 aliphatic rings. The number of carboxylic acids is 1. The average Bonchev–Trinajstić information content (AvgIpc) is 2.75. The highest BCUT2D eigenvalue weighted by Gasteiger charge is 2.31. The fraction of sp³-hybridized carbons (Fsp3) is 0.400. The summed E-state index contributed by atoms with van der Waals surface area (Å²) in [5, 5.41) is 16.0. The fourth-order valence-corrected chi connectivity index (χ4v) is 3.04. The van der Waals surface area contributed by atoms with Gasteiger partial charge in [-0.05, 0) is 5.56 Å². The lowest BCUT2D eigenvalue weighted by atomic mass is 10.0. The third-order valence-electron chi connectivity index (χ3n) is 4.51. The SMILES string of the molecule is NC(=O)CC(N)C(=O)NC(Cc1ccccc1)C(=O)NC(CC(N)=O)C(=O)NC(CS)C(=O)O. The molecule has 0 radical (unpaired) electrons. The van der Waals surface area contributed by atoms with Crippen molar-refractivity contribution in [2.75, 3.05) is 5.75 Å². The number of benzene rings is 1. The maximum atomic E-state index is 13.0. The van der Waals surface area contributed by atoms with E-state index in [4.69, 9.17) is 22.3 Å². The maximum absolute atomic E-state index is 13.0. The quantitative estimate of drug-likeness (QED) is 0.122. The smallest absolute Gasteiger partial charge is 0.327 e. The Labute approximate surface area is 200 Å². The minimum Gasteiger partial charge on any atom is -0.480 e. The van der Waals surface area contributed by atoms with E-state index in [0.717, 1.165) is 0 Å². The zero-order valence-electron chi connectivity index (χ0n) is 18.1. The summed E-state index contributed by atoms with van der Waals surface area (Å²) in [5.41, 5.74) is 16.5. The van der Waals surface area contributed by atoms with Crippen molar-refractivity contribution in [2.24, 2.45) is 17.2 Å². The third kappa shape index (κ3) is 9.87. The van der Waals surface area contributed by atoms with E-state index in [1.54, 1.807) is 30.3 Å². The Bertz CT molecular complexity index is 914. The Balaban J connectivity index is 3.09. The molecule has 0 saturated heterocycles. The molecule has 0 bridgehead atoms. The van der Waals surface area contributed by atoms with Gasteiger partial charge in [-0.3, -0.25) is 24.0 Å². The van der Waals surface area contributed by atoms with Gasteiger partial charge in [0.05, 0.1) is 18.9 Å². The van der Waals surface area contributed by atoms with Gasteiger partial charge in [-0.25, -0.2) is 4.79 Å². The number of carboxylic acid groups (broad SMARTS) is 1. The summed E-state index contributed by atoms with van der Waals surface area (Å²) in [4.78, 5) is 71.6. The highest BCUT2D eigenvalue weighted by atomic mass is 32.1. The van der Waals surface area contributed by atoms with E-state index in [0.29, 0.717) is 5.56 Å². The highest BCUT2D eigenvalue weighted by molar-refractivity contribution is 7.80. The Morgan fingerprint density at radius 2 is 1.29 bits per heavy atom. The summed E-state index contributed by atoms with van der Waals surface area (Å²) in [7, 11) is 0. The van der Waals surface area contributed by atoms with E-state index in [1.807, 2.05) is 0 Å². The Hall–Kier alpha value is -3.65. The van der Waals surface area contributed by atoms with Gasteiger partial charge in [0.25, 0.3) is 0 Å². The molecule has 0 fully saturated rings. The molecule has 5 amide bonds. The van der Waals surface area contributed by atoms with Crippen molar-refractivity contribution in [2.45, 2.75) is 43.4 Å². The molecule has 10 N–H and O–H groups in total. The summed E-state index contributed by atoms with van der Waals surface area (Å²) < 4.78 is 0. The second-order valence-electron chi connectivity index (χ2n) is 7.34. The second-order valence-corrected chi connectivity index (χ2v) is 7.71. The molecule has 4 atom stereocenters. The summed E-state index contributed by atoms with van der Waals surface area (Å²) in [6.45, 7) is 0. The van der Waals surface area contributed by atoms with Crippen LogP contribution >= 0.6 is 12.6 Å². The molecule has 13 nitrogen and oxygen atoms in total. The zero-order valence-corrected chi connectivity index (χ0v) is 19.0. The number of hydrogen-bond acceptors (Lipinski definition) is 8. The number of primary amides is 2. The number of aliphatic carboxylic acids is 1. The second kappa shape index (κ2) is 13.8. The van der Waals surface area contributed by atoms with Crippen molar-refractivity contribution >= 4 is 48.1 Å². The molecule has 4 unspecified atom stereocenters. The van der Waals surface area contributed by atoms with Crippen LogP contribution in [0.1, 0.15) is 18.4 Å². The number of carbonyl (C=O) groups is 6. The van der Waals surface area contributed by atoms with Gasteiger partial charge in [0.2, 0.25) is 29.5 Å². The van der Waals surface area contributed by atoms with E-state index in [1.165, 1.54) is 0 Å². The molecule has 14 heteroatoms. The van der Waals surface area contributed by atoms with Gasteiger partial charge in [-0.15, -0.1) is 0 Å². The topological polar surface area (TPSA) is 237 Å². The van der Waals surface area contributed by atoms with Crippen LogP contribution in [0, 0.1) is 0 Å². The lowest BCUT2D eigenvalue weighted by Crippen LogP contribution is -2.58. The van der Waals surface area contributed by atoms with Gasteiger partial charge in [0, 0.05) is 12.2 Å². The molecular weight excluding hydrogens is 468 g/mol. The molecule has 1 aromatic carbocycles. The molecule has 186 valence electrons. The van der Waals surface area contributed by atoms with Gasteiger partial charge < -0.3 is 38.3 Å². The number of hydrogen-bond donors (Lipinski definition) is 8. The number of nitrogens with two attached hydrogens (primary N) is 3. The Kier molecular flexibility index (Phi) is 11.5. The highest BCUT2D eigenvalue weighted by Crippen LogP contribution is 2.06. The summed E-state index contributed by atoms with van der Waals surface area (Å²) in [6.07, 6.45) is -1.12. The van der Waals surface area contributed by atoms with E-state index in [9.17, 15) is 28.8 Å². The molecule has 0 aliphatic carbocycles. The Morgan fingerprint density at radius 1 is 0.794 bits per heavy atom. The number of carbonyl (C=O) groups excluding carboxylic acids is 5. The van der Waals surface area contributed by atoms with Crippen LogP contribution in [0.15, 0.2) is 30.3 Å². The lowest BCUT2D eigenvalue weighted by molar-refractivity contribution is -0.141. The zero-order chi connectivity index (χ0) is 25.8. The van der Waals surface area contributed by atoms with Crippen molar-refractivity contribution in [3.05, 3.63) is 35.9 Å². The monoisotopic (exact) mass is 496 g/mol. The first-order valence-electron chi connectivity index (χ1n) is 10.1. The van der Waals surface area contributed by atoms with Crippen LogP contribution in [0.3, 0.4) is 0 Å². The molecular formula is C20H28N6O7S. The molecule has 0 aromatic heterocycles. The average molecular weight is 497 g/mol. The molecule has 0 spiro atoms. The Morgan fingerprint density at radius 3 is 1.79 bits per heavy atom. The summed E-state index contributed by atoms with van der Waals surface area (Å²) in [5.74, 6) is -6.07. The lowest BCUT2D eigenvalue weighted by Gasteiger charge is -2.24. The predicted molar refractivity (Wildman–Crippen MR) is 123 cm³/mol. The molecule has 0 aliphatic heterocycles. The van der Waals surface area contributed by atoms with Crippen molar-refractivity contribution in [1.29, 1.82) is 0 Å². The number of amides is 5. The molecule has 1 aromatic rings. The van der Waals surface area contributed by atoms with Crippen molar-refractivity contribution in [3.63, 3.8) is 0 Å². The van der Waals surface area contributed by atoms with Crippen molar-refractivity contribution in [1.82, 2.24) is 16.0 Å².